The van der Waals surface area contributed by atoms with Crippen LogP contribution in [0.4, 0.5) is 11.4 Å². The third-order valence-corrected chi connectivity index (χ3v) is 12.1. The van der Waals surface area contributed by atoms with E-state index in [1.54, 1.807) is 0 Å². The molecule has 5 nitrogen and oxygen atoms in total. The van der Waals surface area contributed by atoms with Gasteiger partial charge in [-0.1, -0.05) is 97.1 Å². The van der Waals surface area contributed by atoms with Crippen molar-refractivity contribution in [2.24, 2.45) is 0 Å². The van der Waals surface area contributed by atoms with Crippen molar-refractivity contribution >= 4 is 61.2 Å². The van der Waals surface area contributed by atoms with E-state index >= 15 is 0 Å². The lowest BCUT2D eigenvalue weighted by molar-refractivity contribution is 0.567. The van der Waals surface area contributed by atoms with Crippen LogP contribution in [0.15, 0.2) is 182 Å². The van der Waals surface area contributed by atoms with Crippen LogP contribution in [0.25, 0.3) is 72.5 Å². The Morgan fingerprint density at radius 1 is 0.536 bits per heavy atom. The minimum atomic E-state index is -0.263. The molecular formula is C51H35N5. The molecule has 1 aliphatic carbocycles. The fourth-order valence-electron chi connectivity index (χ4n) is 9.62. The van der Waals surface area contributed by atoms with Gasteiger partial charge in [-0.15, -0.1) is 0 Å². The summed E-state index contributed by atoms with van der Waals surface area (Å²) < 4.78 is 4.86. The van der Waals surface area contributed by atoms with E-state index in [2.05, 4.69) is 173 Å². The molecular weight excluding hydrogens is 683 g/mol. The molecule has 2 aliphatic rings. The van der Waals surface area contributed by atoms with Gasteiger partial charge in [0.15, 0.2) is 0 Å². The maximum absolute atomic E-state index is 5.04. The summed E-state index contributed by atoms with van der Waals surface area (Å²) in [6, 6.07) is 61.2. The molecule has 12 rings (SSSR count). The van der Waals surface area contributed by atoms with E-state index in [0.29, 0.717) is 0 Å². The third-order valence-electron chi connectivity index (χ3n) is 12.1. The van der Waals surface area contributed by atoms with Gasteiger partial charge in [0.2, 0.25) is 0 Å². The summed E-state index contributed by atoms with van der Waals surface area (Å²) in [5, 5.41) is 3.77. The number of fused-ring (bicyclic) bond motifs is 10. The maximum atomic E-state index is 5.04. The molecule has 1 unspecified atom stereocenters. The van der Waals surface area contributed by atoms with Crippen molar-refractivity contribution in [1.29, 1.82) is 0 Å². The van der Waals surface area contributed by atoms with Gasteiger partial charge in [-0.05, 0) is 103 Å². The van der Waals surface area contributed by atoms with E-state index in [9.17, 15) is 0 Å². The van der Waals surface area contributed by atoms with Crippen molar-refractivity contribution in [3.63, 3.8) is 0 Å². The molecule has 10 aromatic rings. The van der Waals surface area contributed by atoms with Gasteiger partial charge in [0.25, 0.3) is 0 Å². The molecule has 0 amide bonds. The highest BCUT2D eigenvalue weighted by molar-refractivity contribution is 6.09. The number of benzene rings is 7. The Morgan fingerprint density at radius 2 is 1.20 bits per heavy atom. The first kappa shape index (κ1) is 31.1. The van der Waals surface area contributed by atoms with E-state index in [-0.39, 0.29) is 5.41 Å². The summed E-state index contributed by atoms with van der Waals surface area (Å²) in [5.41, 5.74) is 17.0. The third kappa shape index (κ3) is 4.37. The number of anilines is 2. The zero-order valence-corrected chi connectivity index (χ0v) is 30.8. The van der Waals surface area contributed by atoms with Gasteiger partial charge in [-0.25, -0.2) is 4.98 Å². The van der Waals surface area contributed by atoms with Crippen molar-refractivity contribution in [2.45, 2.75) is 18.8 Å². The fourth-order valence-corrected chi connectivity index (χ4v) is 9.62. The Kier molecular flexibility index (Phi) is 6.47. The average molecular weight is 718 g/mol. The van der Waals surface area contributed by atoms with Crippen LogP contribution in [0.1, 0.15) is 23.7 Å². The van der Waals surface area contributed by atoms with E-state index in [1.807, 2.05) is 30.5 Å². The Hall–Kier alpha value is -7.24. The largest absolute Gasteiger partial charge is 0.313 e. The molecule has 1 aliphatic heterocycles. The SMILES string of the molecule is CC12Cc3c(n(-c4ccccc4)c4ccc(-c5cnc6ccccc6n5)cc34)C=C1N(c1cccc(-n3c4ccccc4c4ccccc43)c1)c1ccccc12. The number of para-hydroxylation sites is 6. The zero-order chi connectivity index (χ0) is 37.0. The van der Waals surface area contributed by atoms with Crippen LogP contribution in [0.3, 0.4) is 0 Å². The Bertz CT molecular complexity index is 3210. The normalized spacial score (nSPS) is 16.0. The molecule has 0 spiro atoms. The lowest BCUT2D eigenvalue weighted by atomic mass is 9.73. The molecule has 0 fully saturated rings. The summed E-state index contributed by atoms with van der Waals surface area (Å²) in [5.74, 6) is 0. The van der Waals surface area contributed by atoms with Crippen molar-refractivity contribution in [1.82, 2.24) is 19.1 Å². The number of nitrogens with zero attached hydrogens (tertiary/aromatic N) is 5. The van der Waals surface area contributed by atoms with Crippen LogP contribution < -0.4 is 4.90 Å². The molecule has 0 saturated carbocycles. The van der Waals surface area contributed by atoms with E-state index in [4.69, 9.17) is 9.97 Å². The van der Waals surface area contributed by atoms with Crippen LogP contribution in [0.5, 0.6) is 0 Å². The number of rotatable bonds is 4. The minimum absolute atomic E-state index is 0.263. The van der Waals surface area contributed by atoms with Crippen LogP contribution in [-0.2, 0) is 11.8 Å². The zero-order valence-electron chi connectivity index (χ0n) is 30.8. The quantitative estimate of drug-likeness (QED) is 0.182. The molecule has 0 radical (unpaired) electrons. The van der Waals surface area contributed by atoms with Crippen LogP contribution >= 0.6 is 0 Å². The van der Waals surface area contributed by atoms with Crippen LogP contribution in [0.2, 0.25) is 0 Å². The van der Waals surface area contributed by atoms with Crippen molar-refractivity contribution in [3.8, 4) is 22.6 Å². The first-order chi connectivity index (χ1) is 27.6. The van der Waals surface area contributed by atoms with Crippen LogP contribution in [-0.4, -0.2) is 19.1 Å². The monoisotopic (exact) mass is 717 g/mol. The van der Waals surface area contributed by atoms with Crippen molar-refractivity contribution in [2.75, 3.05) is 4.90 Å². The van der Waals surface area contributed by atoms with Gasteiger partial charge < -0.3 is 14.0 Å². The van der Waals surface area contributed by atoms with E-state index in [1.165, 1.54) is 60.9 Å². The Morgan fingerprint density at radius 3 is 2.02 bits per heavy atom. The summed E-state index contributed by atoms with van der Waals surface area (Å²) in [7, 11) is 0. The molecule has 7 aromatic carbocycles. The summed E-state index contributed by atoms with van der Waals surface area (Å²) >= 11 is 0. The maximum Gasteiger partial charge on any atom is 0.0894 e. The van der Waals surface area contributed by atoms with E-state index in [0.717, 1.165) is 45.8 Å². The first-order valence-corrected chi connectivity index (χ1v) is 19.3. The summed E-state index contributed by atoms with van der Waals surface area (Å²) in [6.07, 6.45) is 5.23. The fraction of sp³-hybridized carbons (Fsp3) is 0.0588. The van der Waals surface area contributed by atoms with Gasteiger partial charge in [-0.3, -0.25) is 4.98 Å². The smallest absolute Gasteiger partial charge is 0.0894 e. The predicted molar refractivity (Wildman–Crippen MR) is 230 cm³/mol. The highest BCUT2D eigenvalue weighted by Gasteiger charge is 2.47. The molecule has 264 valence electrons. The van der Waals surface area contributed by atoms with Crippen LogP contribution in [0, 0.1) is 0 Å². The number of aromatic nitrogens is 4. The van der Waals surface area contributed by atoms with Gasteiger partial charge in [0.1, 0.15) is 0 Å². The van der Waals surface area contributed by atoms with Gasteiger partial charge in [0.05, 0.1) is 45.2 Å². The summed E-state index contributed by atoms with van der Waals surface area (Å²) in [4.78, 5) is 12.3. The highest BCUT2D eigenvalue weighted by atomic mass is 15.2. The number of hydrogen-bond donors (Lipinski definition) is 0. The molecule has 0 bridgehead atoms. The molecule has 0 saturated heterocycles. The predicted octanol–water partition coefficient (Wildman–Crippen LogP) is 12.3. The molecule has 56 heavy (non-hydrogen) atoms. The van der Waals surface area contributed by atoms with Gasteiger partial charge in [-0.2, -0.15) is 0 Å². The molecule has 3 aromatic heterocycles. The number of hydrogen-bond acceptors (Lipinski definition) is 3. The molecule has 5 heteroatoms. The minimum Gasteiger partial charge on any atom is -0.313 e. The van der Waals surface area contributed by atoms with Crippen molar-refractivity contribution < 1.29 is 0 Å². The van der Waals surface area contributed by atoms with Gasteiger partial charge >= 0.3 is 0 Å². The second-order valence-corrected chi connectivity index (χ2v) is 15.3. The lowest BCUT2D eigenvalue weighted by Gasteiger charge is -2.34. The first-order valence-electron chi connectivity index (χ1n) is 19.3. The van der Waals surface area contributed by atoms with Gasteiger partial charge in [0, 0.05) is 55.6 Å². The lowest BCUT2D eigenvalue weighted by Crippen LogP contribution is -2.31. The van der Waals surface area contributed by atoms with E-state index < -0.39 is 0 Å². The number of allylic oxidation sites excluding steroid dienone is 1. The second kappa shape index (κ2) is 11.6. The summed E-state index contributed by atoms with van der Waals surface area (Å²) in [6.45, 7) is 2.43. The Balaban J connectivity index is 1.08. The topological polar surface area (TPSA) is 38.9 Å². The Labute approximate surface area is 324 Å². The highest BCUT2D eigenvalue weighted by Crippen LogP contribution is 2.57. The average Bonchev–Trinajstić information content (AvgIpc) is 3.85. The molecule has 0 N–H and O–H groups in total. The molecule has 4 heterocycles. The second-order valence-electron chi connectivity index (χ2n) is 15.3. The van der Waals surface area contributed by atoms with Crippen molar-refractivity contribution in [3.05, 3.63) is 199 Å². The standard InChI is InChI=1S/C51H35N5/c1-51-31-40-39-28-33(44-32-52-42-21-8-9-22-43(42)53-44)26-27-47(39)54(34-14-3-2-4-15-34)49(40)30-50(51)56(48-25-12-7-20-41(48)51)36-17-13-16-35(29-36)55-45-23-10-5-18-37(45)38-19-6-11-24-46(38)55/h2-30,32H,31H2,1H3. The molecule has 1 atom stereocenters.